The molecule has 0 radical (unpaired) electrons. The maximum atomic E-state index is 6.08. The number of nitrogens with zero attached hydrogens (tertiary/aromatic N) is 3. The number of thiazole rings is 1. The van der Waals surface area contributed by atoms with Crippen molar-refractivity contribution < 1.29 is 9.47 Å². The van der Waals surface area contributed by atoms with E-state index in [1.807, 2.05) is 23.7 Å². The lowest BCUT2D eigenvalue weighted by atomic mass is 10.1. The van der Waals surface area contributed by atoms with Crippen LogP contribution in [0.25, 0.3) is 0 Å². The van der Waals surface area contributed by atoms with Crippen molar-refractivity contribution >= 4 is 11.3 Å². The van der Waals surface area contributed by atoms with Gasteiger partial charge in [-0.15, -0.1) is 11.3 Å². The van der Waals surface area contributed by atoms with Crippen molar-refractivity contribution in [2.75, 3.05) is 13.2 Å². The highest BCUT2D eigenvalue weighted by molar-refractivity contribution is 7.09. The van der Waals surface area contributed by atoms with E-state index in [2.05, 4.69) is 21.8 Å². The molecule has 2 aromatic rings. The minimum absolute atomic E-state index is 0.0975. The maximum absolute atomic E-state index is 6.08. The fourth-order valence-electron chi connectivity index (χ4n) is 3.55. The molecule has 0 N–H and O–H groups in total. The summed E-state index contributed by atoms with van der Waals surface area (Å²) < 4.78 is 12.1. The summed E-state index contributed by atoms with van der Waals surface area (Å²) >= 11 is 1.75. The lowest BCUT2D eigenvalue weighted by Crippen LogP contribution is -2.51. The largest absolute Gasteiger partial charge is 0.472 e. The summed E-state index contributed by atoms with van der Waals surface area (Å²) in [6.45, 7) is 4.80. The first-order chi connectivity index (χ1) is 11.3. The van der Waals surface area contributed by atoms with Gasteiger partial charge < -0.3 is 9.47 Å². The summed E-state index contributed by atoms with van der Waals surface area (Å²) in [7, 11) is 0. The molecule has 0 unspecified atom stereocenters. The molecule has 23 heavy (non-hydrogen) atoms. The standard InChI is InChI=1S/C17H21N3O2S/c1-12-15(23-11-19-12)10-20-8-9-21-17-13(20)5-6-14(17)22-16-4-2-3-7-18-16/h2-4,7,11,13-14,17H,5-6,8-10H2,1H3/t13-,14-,17+/m0/s1. The Hall–Kier alpha value is -1.50. The van der Waals surface area contributed by atoms with Crippen LogP contribution in [0.5, 0.6) is 5.88 Å². The first-order valence-electron chi connectivity index (χ1n) is 8.13. The number of pyridine rings is 1. The molecule has 122 valence electrons. The highest BCUT2D eigenvalue weighted by Gasteiger charge is 2.44. The molecule has 3 heterocycles. The summed E-state index contributed by atoms with van der Waals surface area (Å²) in [6.07, 6.45) is 4.13. The zero-order valence-electron chi connectivity index (χ0n) is 13.2. The molecule has 2 aromatic heterocycles. The van der Waals surface area contributed by atoms with Crippen LogP contribution >= 0.6 is 11.3 Å². The number of ether oxygens (including phenoxy) is 2. The van der Waals surface area contributed by atoms with Crippen molar-refractivity contribution in [1.29, 1.82) is 0 Å². The molecule has 1 aliphatic carbocycles. The molecule has 3 atom stereocenters. The van der Waals surface area contributed by atoms with Gasteiger partial charge in [-0.05, 0) is 25.8 Å². The Labute approximate surface area is 140 Å². The van der Waals surface area contributed by atoms with E-state index in [0.717, 1.165) is 38.2 Å². The zero-order valence-corrected chi connectivity index (χ0v) is 14.0. The number of aromatic nitrogens is 2. The number of hydrogen-bond donors (Lipinski definition) is 0. The molecule has 1 saturated heterocycles. The molecule has 1 aliphatic heterocycles. The highest BCUT2D eigenvalue weighted by Crippen LogP contribution is 2.34. The summed E-state index contributed by atoms with van der Waals surface area (Å²) in [5.74, 6) is 0.692. The summed E-state index contributed by atoms with van der Waals surface area (Å²) in [6, 6.07) is 6.20. The minimum atomic E-state index is 0.0975. The highest BCUT2D eigenvalue weighted by atomic mass is 32.1. The molecule has 0 aromatic carbocycles. The molecule has 0 bridgehead atoms. The van der Waals surface area contributed by atoms with Gasteiger partial charge in [0, 0.05) is 36.3 Å². The van der Waals surface area contributed by atoms with Crippen LogP contribution < -0.4 is 4.74 Å². The molecule has 4 rings (SSSR count). The summed E-state index contributed by atoms with van der Waals surface area (Å²) in [4.78, 5) is 12.5. The number of hydrogen-bond acceptors (Lipinski definition) is 6. The summed E-state index contributed by atoms with van der Waals surface area (Å²) in [5.41, 5.74) is 3.09. The van der Waals surface area contributed by atoms with Gasteiger partial charge in [-0.3, -0.25) is 4.90 Å². The number of rotatable bonds is 4. The van der Waals surface area contributed by atoms with Crippen LogP contribution in [0.4, 0.5) is 0 Å². The van der Waals surface area contributed by atoms with E-state index < -0.39 is 0 Å². The smallest absolute Gasteiger partial charge is 0.213 e. The van der Waals surface area contributed by atoms with Crippen molar-refractivity contribution in [3.63, 3.8) is 0 Å². The fraction of sp³-hybridized carbons (Fsp3) is 0.529. The number of fused-ring (bicyclic) bond motifs is 1. The average molecular weight is 331 g/mol. The van der Waals surface area contributed by atoms with Gasteiger partial charge in [0.25, 0.3) is 0 Å². The summed E-state index contributed by atoms with van der Waals surface area (Å²) in [5, 5.41) is 0. The van der Waals surface area contributed by atoms with Crippen molar-refractivity contribution in [2.24, 2.45) is 0 Å². The predicted molar refractivity (Wildman–Crippen MR) is 88.7 cm³/mol. The second kappa shape index (κ2) is 6.55. The Balaban J connectivity index is 1.45. The second-order valence-corrected chi connectivity index (χ2v) is 7.08. The third kappa shape index (κ3) is 3.11. The van der Waals surface area contributed by atoms with Gasteiger partial charge in [0.15, 0.2) is 0 Å². The Morgan fingerprint density at radius 1 is 1.35 bits per heavy atom. The Bertz CT molecular complexity index is 648. The fourth-order valence-corrected chi connectivity index (χ4v) is 4.35. The first-order valence-corrected chi connectivity index (χ1v) is 9.01. The maximum Gasteiger partial charge on any atom is 0.213 e. The average Bonchev–Trinajstić information content (AvgIpc) is 3.16. The van der Waals surface area contributed by atoms with E-state index >= 15 is 0 Å². The van der Waals surface area contributed by atoms with Crippen molar-refractivity contribution in [2.45, 2.75) is 44.6 Å². The first kappa shape index (κ1) is 15.1. The van der Waals surface area contributed by atoms with E-state index in [1.54, 1.807) is 17.5 Å². The molecule has 5 nitrogen and oxygen atoms in total. The van der Waals surface area contributed by atoms with Crippen molar-refractivity contribution in [1.82, 2.24) is 14.9 Å². The third-order valence-corrected chi connectivity index (χ3v) is 5.67. The van der Waals surface area contributed by atoms with Gasteiger partial charge in [0.05, 0.1) is 17.8 Å². The van der Waals surface area contributed by atoms with Crippen LogP contribution in [-0.2, 0) is 11.3 Å². The predicted octanol–water partition coefficient (Wildman–Crippen LogP) is 2.66. The van der Waals surface area contributed by atoms with Crippen LogP contribution in [0.1, 0.15) is 23.4 Å². The third-order valence-electron chi connectivity index (χ3n) is 4.75. The van der Waals surface area contributed by atoms with Crippen LogP contribution in [0.3, 0.4) is 0 Å². The molecule has 0 amide bonds. The van der Waals surface area contributed by atoms with Crippen LogP contribution in [0.15, 0.2) is 29.9 Å². The van der Waals surface area contributed by atoms with Gasteiger partial charge in [0.1, 0.15) is 12.2 Å². The molecule has 0 spiro atoms. The van der Waals surface area contributed by atoms with E-state index in [1.165, 1.54) is 4.88 Å². The monoisotopic (exact) mass is 331 g/mol. The minimum Gasteiger partial charge on any atom is -0.472 e. The Morgan fingerprint density at radius 2 is 2.30 bits per heavy atom. The van der Waals surface area contributed by atoms with Gasteiger partial charge >= 0.3 is 0 Å². The SMILES string of the molecule is Cc1ncsc1CN1CCO[C@H]2[C@@H](Oc3ccccn3)CC[C@@H]21. The number of aryl methyl sites for hydroxylation is 1. The van der Waals surface area contributed by atoms with Crippen LogP contribution in [0.2, 0.25) is 0 Å². The van der Waals surface area contributed by atoms with Gasteiger partial charge in [-0.25, -0.2) is 9.97 Å². The molecular weight excluding hydrogens is 310 g/mol. The van der Waals surface area contributed by atoms with Crippen molar-refractivity contribution in [3.8, 4) is 5.88 Å². The Morgan fingerprint density at radius 3 is 3.09 bits per heavy atom. The van der Waals surface area contributed by atoms with Crippen molar-refractivity contribution in [3.05, 3.63) is 40.5 Å². The number of morpholine rings is 1. The van der Waals surface area contributed by atoms with E-state index in [-0.39, 0.29) is 12.2 Å². The molecule has 2 aliphatic rings. The van der Waals surface area contributed by atoms with E-state index in [4.69, 9.17) is 9.47 Å². The van der Waals surface area contributed by atoms with Crippen LogP contribution in [0, 0.1) is 6.92 Å². The lowest BCUT2D eigenvalue weighted by molar-refractivity contribution is -0.0920. The van der Waals surface area contributed by atoms with Gasteiger partial charge in [0.2, 0.25) is 5.88 Å². The molecule has 2 fully saturated rings. The molecule has 1 saturated carbocycles. The van der Waals surface area contributed by atoms with E-state index in [9.17, 15) is 0 Å². The zero-order chi connectivity index (χ0) is 15.6. The normalized spacial score (nSPS) is 27.8. The Kier molecular flexibility index (Phi) is 4.29. The quantitative estimate of drug-likeness (QED) is 0.862. The van der Waals surface area contributed by atoms with Crippen LogP contribution in [-0.4, -0.2) is 46.3 Å². The van der Waals surface area contributed by atoms with Gasteiger partial charge in [-0.1, -0.05) is 6.07 Å². The lowest BCUT2D eigenvalue weighted by Gasteiger charge is -2.38. The molecular formula is C17H21N3O2S. The van der Waals surface area contributed by atoms with E-state index in [0.29, 0.717) is 11.9 Å². The van der Waals surface area contributed by atoms with Gasteiger partial charge in [-0.2, -0.15) is 0 Å². The molecule has 6 heteroatoms. The second-order valence-electron chi connectivity index (χ2n) is 6.14. The topological polar surface area (TPSA) is 47.5 Å².